The van der Waals surface area contributed by atoms with Crippen LogP contribution < -0.4 is 10.5 Å². The molecule has 5 aromatic rings. The number of hydrogen-bond acceptors (Lipinski definition) is 7. The first-order chi connectivity index (χ1) is 22.5. The van der Waals surface area contributed by atoms with Crippen LogP contribution in [-0.4, -0.2) is 61.6 Å². The summed E-state index contributed by atoms with van der Waals surface area (Å²) in [6.45, 7) is 6.67. The molecule has 11 nitrogen and oxygen atoms in total. The first-order valence-electron chi connectivity index (χ1n) is 15.8. The number of anilines is 1. The van der Waals surface area contributed by atoms with Gasteiger partial charge in [0.25, 0.3) is 11.5 Å². The van der Waals surface area contributed by atoms with Crippen LogP contribution in [0.3, 0.4) is 0 Å². The summed E-state index contributed by atoms with van der Waals surface area (Å²) in [6.07, 6.45) is 2.41. The minimum Gasteiger partial charge on any atom is -0.432 e. The fraction of sp³-hybridized carbons (Fsp3) is 0.353. The van der Waals surface area contributed by atoms with E-state index in [-0.39, 0.29) is 35.6 Å². The zero-order valence-electron chi connectivity index (χ0n) is 26.4. The fourth-order valence-electron chi connectivity index (χ4n) is 7.59. The number of benzene rings is 3. The Hall–Kier alpha value is -3.88. The smallest absolute Gasteiger partial charge is 0.279 e. The number of halogens is 1. The van der Waals surface area contributed by atoms with Gasteiger partial charge in [-0.05, 0) is 67.5 Å². The van der Waals surface area contributed by atoms with Crippen LogP contribution in [0.5, 0.6) is 0 Å². The van der Waals surface area contributed by atoms with E-state index in [0.29, 0.717) is 42.7 Å². The number of fused-ring (bicyclic) bond motifs is 3. The average Bonchev–Trinajstić information content (AvgIpc) is 3.77. The summed E-state index contributed by atoms with van der Waals surface area (Å²) in [5.41, 5.74) is 3.05. The zero-order valence-corrected chi connectivity index (χ0v) is 29.0. The molecule has 1 amide bonds. The lowest BCUT2D eigenvalue weighted by Crippen LogP contribution is -2.46. The number of nitrogens with zero attached hydrogens (tertiary/aromatic N) is 5. The molecule has 0 aliphatic carbocycles. The average molecular weight is 718 g/mol. The van der Waals surface area contributed by atoms with E-state index in [1.54, 1.807) is 15.6 Å². The van der Waals surface area contributed by atoms with E-state index in [1.165, 1.54) is 4.68 Å². The van der Waals surface area contributed by atoms with E-state index in [4.69, 9.17) is 4.74 Å². The Balaban J connectivity index is 1.19. The Morgan fingerprint density at radius 1 is 1.09 bits per heavy atom. The van der Waals surface area contributed by atoms with Gasteiger partial charge in [0.1, 0.15) is 0 Å². The number of ether oxygens (including phenoxy) is 1. The molecule has 1 spiro atoms. The minimum absolute atomic E-state index is 0.00131. The van der Waals surface area contributed by atoms with E-state index < -0.39 is 13.9 Å². The monoisotopic (exact) mass is 716 g/mol. The van der Waals surface area contributed by atoms with Gasteiger partial charge in [-0.25, -0.2) is 4.68 Å². The van der Waals surface area contributed by atoms with Crippen LogP contribution >= 0.6 is 15.9 Å². The normalized spacial score (nSPS) is 22.6. The number of hydrogen-bond donors (Lipinski definition) is 3. The molecule has 2 aliphatic rings. The van der Waals surface area contributed by atoms with E-state index in [2.05, 4.69) is 31.3 Å². The Labute approximate surface area is 281 Å². The van der Waals surface area contributed by atoms with Gasteiger partial charge in [-0.1, -0.05) is 52.3 Å². The van der Waals surface area contributed by atoms with Crippen molar-refractivity contribution in [2.75, 3.05) is 11.5 Å². The third-order valence-electron chi connectivity index (χ3n) is 9.67. The van der Waals surface area contributed by atoms with Gasteiger partial charge >= 0.3 is 0 Å². The van der Waals surface area contributed by atoms with Crippen LogP contribution in [0.2, 0.25) is 18.6 Å². The molecule has 1 fully saturated rings. The number of rotatable bonds is 9. The number of amides is 1. The van der Waals surface area contributed by atoms with Gasteiger partial charge in [-0.3, -0.25) is 19.4 Å². The van der Waals surface area contributed by atoms with Gasteiger partial charge in [0, 0.05) is 47.3 Å². The molecule has 0 unspecified atom stereocenters. The van der Waals surface area contributed by atoms with Gasteiger partial charge in [0.05, 0.1) is 40.6 Å². The topological polar surface area (TPSA) is 138 Å². The molecule has 1 saturated heterocycles. The Morgan fingerprint density at radius 3 is 2.57 bits per heavy atom. The summed E-state index contributed by atoms with van der Waals surface area (Å²) >= 11 is 3.62. The van der Waals surface area contributed by atoms with Crippen molar-refractivity contribution in [3.05, 3.63) is 105 Å². The summed E-state index contributed by atoms with van der Waals surface area (Å²) in [4.78, 5) is 41.1. The van der Waals surface area contributed by atoms with Crippen molar-refractivity contribution in [1.82, 2.24) is 24.8 Å². The lowest BCUT2D eigenvalue weighted by Gasteiger charge is -2.32. The lowest BCUT2D eigenvalue weighted by molar-refractivity contribution is -0.146. The summed E-state index contributed by atoms with van der Waals surface area (Å²) < 4.78 is 11.0. The molecule has 13 heteroatoms. The predicted molar refractivity (Wildman–Crippen MR) is 184 cm³/mol. The first kappa shape index (κ1) is 31.7. The van der Waals surface area contributed by atoms with Crippen LogP contribution in [0.4, 0.5) is 5.69 Å². The predicted octanol–water partition coefficient (Wildman–Crippen LogP) is 4.64. The van der Waals surface area contributed by atoms with Gasteiger partial charge in [0.2, 0.25) is 0 Å². The molecular weight excluding hydrogens is 680 g/mol. The molecule has 2 aliphatic heterocycles. The number of aromatic nitrogens is 5. The van der Waals surface area contributed by atoms with E-state index in [0.717, 1.165) is 26.8 Å². The van der Waals surface area contributed by atoms with Crippen molar-refractivity contribution in [2.24, 2.45) is 5.92 Å². The highest BCUT2D eigenvalue weighted by Gasteiger charge is 2.66. The summed E-state index contributed by atoms with van der Waals surface area (Å²) in [7, 11) is -2.82. The number of carbonyl (C=O) groups excluding carboxylic acids is 1. The molecule has 3 N–H and O–H groups in total. The van der Waals surface area contributed by atoms with Crippen LogP contribution in [0.1, 0.15) is 30.2 Å². The zero-order chi connectivity index (χ0) is 33.1. The number of aryl methyl sites for hydroxylation is 1. The quantitative estimate of drug-likeness (QED) is 0.189. The number of aliphatic hydroxyl groups excluding tert-OH is 1. The molecule has 0 bridgehead atoms. The highest BCUT2D eigenvalue weighted by Crippen LogP contribution is 2.60. The van der Waals surface area contributed by atoms with Crippen LogP contribution in [0, 0.1) is 5.92 Å². The maximum absolute atomic E-state index is 14.7. The van der Waals surface area contributed by atoms with E-state index >= 15 is 0 Å². The second kappa shape index (κ2) is 12.0. The summed E-state index contributed by atoms with van der Waals surface area (Å²) in [6, 6.07) is 20.9. The molecule has 2 aromatic heterocycles. The molecule has 3 aromatic carbocycles. The highest BCUT2D eigenvalue weighted by atomic mass is 79.9. The van der Waals surface area contributed by atoms with Crippen LogP contribution in [0.15, 0.2) is 82.2 Å². The van der Waals surface area contributed by atoms with Gasteiger partial charge < -0.3 is 19.5 Å². The van der Waals surface area contributed by atoms with Gasteiger partial charge in [0.15, 0.2) is 13.9 Å². The second-order valence-electron chi connectivity index (χ2n) is 13.1. The fourth-order valence-corrected chi connectivity index (χ4v) is 10.6. The molecule has 4 atom stereocenters. The van der Waals surface area contributed by atoms with Crippen molar-refractivity contribution in [2.45, 2.75) is 63.2 Å². The number of carbonyl (C=O) groups is 1. The molecule has 0 radical (unpaired) electrons. The van der Waals surface area contributed by atoms with Crippen molar-refractivity contribution in [3.8, 4) is 5.69 Å². The Morgan fingerprint density at radius 2 is 1.85 bits per heavy atom. The number of H-pyrrole nitrogens is 1. The van der Waals surface area contributed by atoms with Crippen molar-refractivity contribution in [3.63, 3.8) is 0 Å². The third-order valence-corrected chi connectivity index (χ3v) is 12.7. The lowest BCUT2D eigenvalue weighted by atomic mass is 9.82. The maximum atomic E-state index is 14.7. The van der Waals surface area contributed by atoms with Gasteiger partial charge in [-0.2, -0.15) is 0 Å². The van der Waals surface area contributed by atoms with Crippen molar-refractivity contribution >= 4 is 46.7 Å². The molecule has 4 heterocycles. The minimum atomic E-state index is -2.82. The Kier molecular flexibility index (Phi) is 8.08. The van der Waals surface area contributed by atoms with E-state index in [1.807, 2.05) is 86.9 Å². The number of para-hydroxylation sites is 1. The van der Waals surface area contributed by atoms with Crippen LogP contribution in [0.25, 0.3) is 16.6 Å². The molecular formula is C34H37BrN6O5Si. The third kappa shape index (κ3) is 5.39. The standard InChI is InChI=1S/C34H37BrN6O5Si/c1-21-31(47(2,3)45)30(14-16-39-20-24(15-17-42)36-38-39)46-34(21)27-18-23(35)10-13-29(27)40(33(34)44)19-22-8-11-25(12-9-22)41-32(43)26-6-4-5-7-28(26)37-41/h4-13,18,20-21,30-31,37,42,45H,14-17,19H2,1-3H3/t21-,30+,31-,34+/m0/s1. The molecule has 47 heavy (non-hydrogen) atoms. The SMILES string of the molecule is C[C@H]1[C@H]([Si](C)(C)O)[C@@H](CCn2cc(CCO)nn2)O[C@]12C(=O)N(Cc1ccc(-n3[nH]c4ccccc4c3=O)cc1)c1ccc(Br)cc12. The van der Waals surface area contributed by atoms with Crippen molar-refractivity contribution in [1.29, 1.82) is 0 Å². The number of aromatic amines is 1. The molecule has 244 valence electrons. The van der Waals surface area contributed by atoms with E-state index in [9.17, 15) is 19.5 Å². The van der Waals surface area contributed by atoms with Crippen LogP contribution in [-0.2, 0) is 34.6 Å². The highest BCUT2D eigenvalue weighted by molar-refractivity contribution is 9.10. The second-order valence-corrected chi connectivity index (χ2v) is 18.0. The molecule has 0 saturated carbocycles. The maximum Gasteiger partial charge on any atom is 0.279 e. The Bertz CT molecular complexity index is 2020. The first-order valence-corrected chi connectivity index (χ1v) is 19.6. The largest absolute Gasteiger partial charge is 0.432 e. The summed E-state index contributed by atoms with van der Waals surface area (Å²) in [5, 5.41) is 21.4. The summed E-state index contributed by atoms with van der Waals surface area (Å²) in [5.74, 6) is -0.438. The number of aliphatic hydroxyl groups is 1. The van der Waals surface area contributed by atoms with Gasteiger partial charge in [-0.15, -0.1) is 5.10 Å². The number of nitrogens with one attached hydrogen (secondary N) is 1. The van der Waals surface area contributed by atoms with Crippen molar-refractivity contribution < 1.29 is 19.4 Å². The molecule has 7 rings (SSSR count).